The maximum absolute atomic E-state index is 13.8. The summed E-state index contributed by atoms with van der Waals surface area (Å²) in [6, 6.07) is 13.5. The Morgan fingerprint density at radius 2 is 1.33 bits per heavy atom. The van der Waals surface area contributed by atoms with E-state index in [1.165, 1.54) is 7.05 Å². The monoisotopic (exact) mass is 723 g/mol. The number of carboxylic acid groups (broad SMARTS) is 1. The first kappa shape index (κ1) is 41.3. The van der Waals surface area contributed by atoms with Crippen molar-refractivity contribution in [2.24, 2.45) is 10.9 Å². The van der Waals surface area contributed by atoms with E-state index >= 15 is 0 Å². The van der Waals surface area contributed by atoms with Crippen LogP contribution in [-0.2, 0) is 23.8 Å². The Bertz CT molecular complexity index is 1550. The maximum Gasteiger partial charge on any atom is 0.414 e. The number of guanidine groups is 1. The molecule has 0 bridgehead atoms. The van der Waals surface area contributed by atoms with Crippen LogP contribution in [0.2, 0.25) is 0 Å². The van der Waals surface area contributed by atoms with E-state index in [0.717, 1.165) is 27.2 Å². The molecule has 0 saturated heterocycles. The highest BCUT2D eigenvalue weighted by atomic mass is 16.6. The molecular formula is C38H53N5O9. The zero-order chi connectivity index (χ0) is 38.8. The van der Waals surface area contributed by atoms with Gasteiger partial charge in [-0.05, 0) is 89.0 Å². The number of benzene rings is 2. The molecule has 0 spiro atoms. The molecule has 2 aromatic carbocycles. The molecule has 52 heavy (non-hydrogen) atoms. The lowest BCUT2D eigenvalue weighted by Crippen LogP contribution is -2.52. The zero-order valence-corrected chi connectivity index (χ0v) is 31.6. The Labute approximate surface area is 305 Å². The van der Waals surface area contributed by atoms with Crippen molar-refractivity contribution in [1.82, 2.24) is 20.9 Å². The Balaban J connectivity index is 1.78. The van der Waals surface area contributed by atoms with Crippen molar-refractivity contribution >= 4 is 36.1 Å². The number of ether oxygens (including phenoxy) is 3. The van der Waals surface area contributed by atoms with Crippen LogP contribution in [0, 0.1) is 5.92 Å². The molecule has 4 N–H and O–H groups in total. The summed E-state index contributed by atoms with van der Waals surface area (Å²) >= 11 is 0. The van der Waals surface area contributed by atoms with Crippen LogP contribution in [0.15, 0.2) is 53.5 Å². The van der Waals surface area contributed by atoms with Gasteiger partial charge in [0.1, 0.15) is 29.9 Å². The molecule has 1 aliphatic carbocycles. The number of carbonyl (C=O) groups is 5. The van der Waals surface area contributed by atoms with E-state index in [-0.39, 0.29) is 50.2 Å². The number of nitrogens with one attached hydrogen (secondary N) is 3. The second kappa shape index (κ2) is 17.9. The topological polar surface area (TPSA) is 185 Å². The third-order valence-corrected chi connectivity index (χ3v) is 7.89. The normalized spacial score (nSPS) is 13.5. The number of aliphatic imine (C=N–C) groups is 1. The molecule has 0 saturated carbocycles. The molecule has 4 amide bonds. The van der Waals surface area contributed by atoms with Crippen molar-refractivity contribution < 1.29 is 43.3 Å². The largest absolute Gasteiger partial charge is 0.480 e. The predicted octanol–water partition coefficient (Wildman–Crippen LogP) is 6.04. The van der Waals surface area contributed by atoms with E-state index in [1.807, 2.05) is 62.4 Å². The molecule has 0 fully saturated rings. The number of carbonyl (C=O) groups excluding carboxylic acids is 4. The van der Waals surface area contributed by atoms with Crippen LogP contribution in [0.1, 0.15) is 91.7 Å². The first-order valence-corrected chi connectivity index (χ1v) is 17.4. The average Bonchev–Trinajstić information content (AvgIpc) is 3.34. The number of fused-ring (bicyclic) bond motifs is 3. The SMILES string of the molecule is CC(C)C[C@@H](C(=O)O)N(C)C(=O)[C@H](CCCN=C(NC(=O)OC(C)(C)C)NC(=O)OC(C)(C)C)NC(=O)OCC1c2ccccc2-c2ccccc21. The van der Waals surface area contributed by atoms with Crippen LogP contribution in [0.25, 0.3) is 11.1 Å². The van der Waals surface area contributed by atoms with Crippen molar-refractivity contribution in [2.45, 2.75) is 104 Å². The van der Waals surface area contributed by atoms with Gasteiger partial charge < -0.3 is 29.5 Å². The van der Waals surface area contributed by atoms with Crippen molar-refractivity contribution in [3.63, 3.8) is 0 Å². The lowest BCUT2D eigenvalue weighted by Gasteiger charge is -2.30. The molecule has 0 aromatic heterocycles. The molecule has 2 aromatic rings. The summed E-state index contributed by atoms with van der Waals surface area (Å²) in [6.07, 6.45) is -2.16. The summed E-state index contributed by atoms with van der Waals surface area (Å²) in [6.45, 7) is 13.8. The van der Waals surface area contributed by atoms with Crippen molar-refractivity contribution in [2.75, 3.05) is 20.2 Å². The third-order valence-electron chi connectivity index (χ3n) is 7.89. The van der Waals surface area contributed by atoms with Crippen LogP contribution in [-0.4, -0.2) is 89.6 Å². The fraction of sp³-hybridized carbons (Fsp3) is 0.526. The van der Waals surface area contributed by atoms with Gasteiger partial charge in [0.25, 0.3) is 0 Å². The van der Waals surface area contributed by atoms with Crippen LogP contribution in [0.5, 0.6) is 0 Å². The van der Waals surface area contributed by atoms with Crippen LogP contribution in [0.4, 0.5) is 14.4 Å². The molecule has 284 valence electrons. The number of nitrogens with zero attached hydrogens (tertiary/aromatic N) is 2. The molecule has 0 unspecified atom stereocenters. The molecular weight excluding hydrogens is 670 g/mol. The lowest BCUT2D eigenvalue weighted by molar-refractivity contribution is -0.150. The van der Waals surface area contributed by atoms with Gasteiger partial charge in [0.15, 0.2) is 0 Å². The third kappa shape index (κ3) is 12.6. The van der Waals surface area contributed by atoms with Gasteiger partial charge >= 0.3 is 24.2 Å². The van der Waals surface area contributed by atoms with Gasteiger partial charge in [-0.2, -0.15) is 0 Å². The number of rotatable bonds is 12. The van der Waals surface area contributed by atoms with Gasteiger partial charge in [-0.15, -0.1) is 0 Å². The minimum Gasteiger partial charge on any atom is -0.480 e. The Morgan fingerprint density at radius 1 is 0.827 bits per heavy atom. The summed E-state index contributed by atoms with van der Waals surface area (Å²) in [4.78, 5) is 69.6. The molecule has 1 aliphatic rings. The Hall–Kier alpha value is -5.14. The van der Waals surface area contributed by atoms with Gasteiger partial charge in [0.2, 0.25) is 11.9 Å². The summed E-state index contributed by atoms with van der Waals surface area (Å²) in [5, 5.41) is 17.4. The number of aliphatic carboxylic acids is 1. The lowest BCUT2D eigenvalue weighted by atomic mass is 9.98. The molecule has 3 rings (SSSR count). The second-order valence-electron chi connectivity index (χ2n) is 15.1. The van der Waals surface area contributed by atoms with E-state index in [0.29, 0.717) is 0 Å². The van der Waals surface area contributed by atoms with Crippen LogP contribution >= 0.6 is 0 Å². The number of likely N-dealkylation sites (N-methyl/N-ethyl adjacent to an activating group) is 1. The number of alkyl carbamates (subject to hydrolysis) is 3. The van der Waals surface area contributed by atoms with Crippen molar-refractivity contribution in [3.8, 4) is 11.1 Å². The minimum atomic E-state index is -1.18. The summed E-state index contributed by atoms with van der Waals surface area (Å²) in [5.74, 6) is -2.26. The number of amides is 4. The van der Waals surface area contributed by atoms with Gasteiger partial charge in [-0.25, -0.2) is 19.2 Å². The highest BCUT2D eigenvalue weighted by molar-refractivity contribution is 6.01. The molecule has 0 heterocycles. The summed E-state index contributed by atoms with van der Waals surface area (Å²) < 4.78 is 16.3. The fourth-order valence-electron chi connectivity index (χ4n) is 5.71. The quantitative estimate of drug-likeness (QED) is 0.0878. The highest BCUT2D eigenvalue weighted by Gasteiger charge is 2.34. The summed E-state index contributed by atoms with van der Waals surface area (Å²) in [7, 11) is 1.39. The summed E-state index contributed by atoms with van der Waals surface area (Å²) in [5.41, 5.74) is 2.53. The van der Waals surface area contributed by atoms with E-state index in [9.17, 15) is 29.1 Å². The predicted molar refractivity (Wildman–Crippen MR) is 196 cm³/mol. The molecule has 14 nitrogen and oxygen atoms in total. The zero-order valence-electron chi connectivity index (χ0n) is 31.6. The van der Waals surface area contributed by atoms with Gasteiger partial charge in [-0.3, -0.25) is 20.4 Å². The molecule has 0 radical (unpaired) electrons. The van der Waals surface area contributed by atoms with Gasteiger partial charge in [-0.1, -0.05) is 62.4 Å². The highest BCUT2D eigenvalue weighted by Crippen LogP contribution is 2.44. The first-order valence-electron chi connectivity index (χ1n) is 17.4. The van der Waals surface area contributed by atoms with Crippen molar-refractivity contribution in [1.29, 1.82) is 0 Å². The minimum absolute atomic E-state index is 0.0159. The number of carboxylic acids is 1. The van der Waals surface area contributed by atoms with Crippen LogP contribution < -0.4 is 16.0 Å². The fourth-order valence-corrected chi connectivity index (χ4v) is 5.71. The van der Waals surface area contributed by atoms with E-state index in [4.69, 9.17) is 14.2 Å². The van der Waals surface area contributed by atoms with Gasteiger partial charge in [0, 0.05) is 19.5 Å². The Morgan fingerprint density at radius 3 is 1.79 bits per heavy atom. The maximum atomic E-state index is 13.8. The van der Waals surface area contributed by atoms with E-state index < -0.39 is 53.4 Å². The Kier molecular flexibility index (Phi) is 14.2. The van der Waals surface area contributed by atoms with Crippen molar-refractivity contribution in [3.05, 3.63) is 59.7 Å². The number of hydrogen-bond acceptors (Lipinski definition) is 9. The van der Waals surface area contributed by atoms with Gasteiger partial charge in [0.05, 0.1) is 0 Å². The molecule has 2 atom stereocenters. The molecule has 0 aliphatic heterocycles. The smallest absolute Gasteiger partial charge is 0.414 e. The van der Waals surface area contributed by atoms with Crippen LogP contribution in [0.3, 0.4) is 0 Å². The first-order chi connectivity index (χ1) is 24.3. The number of hydrogen-bond donors (Lipinski definition) is 4. The average molecular weight is 724 g/mol. The molecule has 14 heteroatoms. The second-order valence-corrected chi connectivity index (χ2v) is 15.1. The van der Waals surface area contributed by atoms with E-state index in [1.54, 1.807) is 41.5 Å². The van der Waals surface area contributed by atoms with E-state index in [2.05, 4.69) is 20.9 Å². The standard InChI is InChI=1S/C38H53N5O9/c1-23(2)21-30(32(45)46)43(9)31(44)29(19-14-20-39-33(41-35(48)51-37(3,4)5)42-36(49)52-38(6,7)8)40-34(47)50-22-28-26-17-12-10-15-24(26)25-16-11-13-18-27(25)28/h10-13,15-18,23,28-30H,14,19-22H2,1-9H3,(H,40,47)(H,45,46)(H2,39,41,42,48,49)/t29-,30-/m0/s1.